The van der Waals surface area contributed by atoms with Crippen LogP contribution >= 0.6 is 0 Å². The summed E-state index contributed by atoms with van der Waals surface area (Å²) in [5.74, 6) is 0.0525. The molecular weight excluding hydrogens is 372 g/mol. The van der Waals surface area contributed by atoms with Crippen LogP contribution in [0.5, 0.6) is 0 Å². The van der Waals surface area contributed by atoms with Gasteiger partial charge in [0.1, 0.15) is 0 Å². The minimum atomic E-state index is -3.25. The third-order valence-corrected chi connectivity index (χ3v) is 6.95. The van der Waals surface area contributed by atoms with Crippen LogP contribution in [0.3, 0.4) is 0 Å². The van der Waals surface area contributed by atoms with E-state index in [1.807, 2.05) is 4.57 Å². The molecule has 136 valence electrons. The molecule has 0 aliphatic heterocycles. The first-order valence-electron chi connectivity index (χ1n) is 7.88. The quantitative estimate of drug-likeness (QED) is 0.669. The monoisotopic (exact) mass is 390 g/mol. The van der Waals surface area contributed by atoms with Gasteiger partial charge in [0.25, 0.3) is 0 Å². The van der Waals surface area contributed by atoms with Crippen LogP contribution in [0.15, 0.2) is 70.8 Å². The summed E-state index contributed by atoms with van der Waals surface area (Å²) in [6.07, 6.45) is 4.46. The van der Waals surface area contributed by atoms with Crippen LogP contribution in [-0.2, 0) is 19.7 Å². The molecule has 3 aromatic rings. The maximum Gasteiger partial charge on any atom is 0.178 e. The van der Waals surface area contributed by atoms with Crippen molar-refractivity contribution in [2.45, 2.75) is 16.7 Å². The van der Waals surface area contributed by atoms with Crippen molar-refractivity contribution in [3.8, 4) is 16.9 Å². The Morgan fingerprint density at radius 1 is 0.885 bits per heavy atom. The fourth-order valence-corrected chi connectivity index (χ4v) is 4.08. The molecule has 0 aliphatic carbocycles. The highest BCUT2D eigenvalue weighted by atomic mass is 32.2. The van der Waals surface area contributed by atoms with Gasteiger partial charge in [0.05, 0.1) is 33.8 Å². The molecule has 0 N–H and O–H groups in total. The zero-order valence-corrected chi connectivity index (χ0v) is 16.0. The average molecular weight is 390 g/mol. The Balaban J connectivity index is 1.99. The molecule has 0 saturated heterocycles. The maximum atomic E-state index is 11.9. The van der Waals surface area contributed by atoms with Gasteiger partial charge in [-0.3, -0.25) is 4.57 Å². The van der Waals surface area contributed by atoms with Gasteiger partial charge < -0.3 is 0 Å². The zero-order valence-electron chi connectivity index (χ0n) is 14.3. The Morgan fingerprint density at radius 2 is 1.46 bits per heavy atom. The third kappa shape index (κ3) is 3.56. The SMILES string of the molecule is CCS(=O)(=O)c1ccc(-c2cncn2-c2ccc(S(C)(=O)=O)cc2)cc1. The van der Waals surface area contributed by atoms with E-state index >= 15 is 0 Å². The number of sulfone groups is 2. The molecule has 0 fully saturated rings. The van der Waals surface area contributed by atoms with Crippen LogP contribution in [0.25, 0.3) is 16.9 Å². The van der Waals surface area contributed by atoms with Crippen molar-refractivity contribution in [3.63, 3.8) is 0 Å². The smallest absolute Gasteiger partial charge is 0.178 e. The molecule has 0 aliphatic rings. The van der Waals surface area contributed by atoms with Crippen LogP contribution in [0.2, 0.25) is 0 Å². The molecule has 0 atom stereocenters. The second-order valence-electron chi connectivity index (χ2n) is 5.84. The lowest BCUT2D eigenvalue weighted by Crippen LogP contribution is -2.03. The van der Waals surface area contributed by atoms with Crippen molar-refractivity contribution >= 4 is 19.7 Å². The van der Waals surface area contributed by atoms with Gasteiger partial charge in [-0.1, -0.05) is 19.1 Å². The molecule has 1 heterocycles. The highest BCUT2D eigenvalue weighted by molar-refractivity contribution is 7.91. The van der Waals surface area contributed by atoms with Crippen molar-refractivity contribution in [1.82, 2.24) is 9.55 Å². The topological polar surface area (TPSA) is 86.1 Å². The van der Waals surface area contributed by atoms with Crippen molar-refractivity contribution in [3.05, 3.63) is 61.1 Å². The Bertz CT molecular complexity index is 1130. The molecule has 6 nitrogen and oxygen atoms in total. The summed E-state index contributed by atoms with van der Waals surface area (Å²) in [7, 11) is -6.50. The van der Waals surface area contributed by atoms with Gasteiger partial charge >= 0.3 is 0 Å². The summed E-state index contributed by atoms with van der Waals surface area (Å²) >= 11 is 0. The Kier molecular flexibility index (Phi) is 4.72. The van der Waals surface area contributed by atoms with Crippen molar-refractivity contribution < 1.29 is 16.8 Å². The van der Waals surface area contributed by atoms with Gasteiger partial charge in [0.2, 0.25) is 0 Å². The van der Waals surface area contributed by atoms with E-state index in [-0.39, 0.29) is 15.5 Å². The van der Waals surface area contributed by atoms with Crippen LogP contribution in [0.4, 0.5) is 0 Å². The highest BCUT2D eigenvalue weighted by Gasteiger charge is 2.13. The van der Waals surface area contributed by atoms with Crippen molar-refractivity contribution in [2.75, 3.05) is 12.0 Å². The van der Waals surface area contributed by atoms with Gasteiger partial charge in [-0.05, 0) is 36.4 Å². The van der Waals surface area contributed by atoms with Gasteiger partial charge in [-0.2, -0.15) is 0 Å². The number of imidazole rings is 1. The fourth-order valence-electron chi connectivity index (χ4n) is 2.57. The third-order valence-electron chi connectivity index (χ3n) is 4.07. The number of hydrogen-bond donors (Lipinski definition) is 0. The summed E-state index contributed by atoms with van der Waals surface area (Å²) in [6.45, 7) is 1.61. The van der Waals surface area contributed by atoms with Gasteiger partial charge in [-0.15, -0.1) is 0 Å². The number of hydrogen-bond acceptors (Lipinski definition) is 5. The van der Waals surface area contributed by atoms with Gasteiger partial charge in [0.15, 0.2) is 19.7 Å². The summed E-state index contributed by atoms with van der Waals surface area (Å²) < 4.78 is 48.9. The molecule has 8 heteroatoms. The first kappa shape index (κ1) is 18.3. The molecule has 0 bridgehead atoms. The van der Waals surface area contributed by atoms with Gasteiger partial charge in [0, 0.05) is 17.5 Å². The largest absolute Gasteiger partial charge is 0.299 e. The number of aromatic nitrogens is 2. The van der Waals surface area contributed by atoms with Crippen LogP contribution < -0.4 is 0 Å². The molecule has 0 unspecified atom stereocenters. The molecule has 0 saturated carbocycles. The van der Waals surface area contributed by atoms with E-state index < -0.39 is 19.7 Å². The number of benzene rings is 2. The lowest BCUT2D eigenvalue weighted by molar-refractivity contribution is 0.596. The van der Waals surface area contributed by atoms with Crippen LogP contribution in [-0.4, -0.2) is 38.4 Å². The van der Waals surface area contributed by atoms with E-state index in [0.29, 0.717) is 0 Å². The number of nitrogens with zero attached hydrogens (tertiary/aromatic N) is 2. The molecule has 2 aromatic carbocycles. The first-order chi connectivity index (χ1) is 12.2. The Labute approximate surface area is 153 Å². The lowest BCUT2D eigenvalue weighted by atomic mass is 10.1. The highest BCUT2D eigenvalue weighted by Crippen LogP contribution is 2.25. The molecule has 0 radical (unpaired) electrons. The summed E-state index contributed by atoms with van der Waals surface area (Å²) in [5, 5.41) is 0. The second-order valence-corrected chi connectivity index (χ2v) is 10.1. The minimum Gasteiger partial charge on any atom is -0.299 e. The van der Waals surface area contributed by atoms with E-state index in [4.69, 9.17) is 0 Å². The first-order valence-corrected chi connectivity index (χ1v) is 11.4. The minimum absolute atomic E-state index is 0.0525. The predicted octanol–water partition coefficient (Wildman–Crippen LogP) is 2.74. The summed E-state index contributed by atoms with van der Waals surface area (Å²) in [6, 6.07) is 13.1. The summed E-state index contributed by atoms with van der Waals surface area (Å²) in [4.78, 5) is 4.69. The molecule has 0 spiro atoms. The fraction of sp³-hybridized carbons (Fsp3) is 0.167. The van der Waals surface area contributed by atoms with E-state index in [2.05, 4.69) is 4.98 Å². The van der Waals surface area contributed by atoms with E-state index in [1.54, 1.807) is 68.0 Å². The maximum absolute atomic E-state index is 11.9. The molecule has 1 aromatic heterocycles. The lowest BCUT2D eigenvalue weighted by Gasteiger charge is -2.10. The number of rotatable bonds is 5. The standard InChI is InChI=1S/C18H18N2O4S2/c1-3-26(23,24)17-8-4-14(5-9-17)18-12-19-13-20(18)15-6-10-16(11-7-15)25(2,21)22/h4-13H,3H2,1-2H3. The molecule has 0 amide bonds. The van der Waals surface area contributed by atoms with E-state index in [0.717, 1.165) is 23.2 Å². The van der Waals surface area contributed by atoms with E-state index in [9.17, 15) is 16.8 Å². The second kappa shape index (κ2) is 6.69. The van der Waals surface area contributed by atoms with Crippen molar-refractivity contribution in [1.29, 1.82) is 0 Å². The van der Waals surface area contributed by atoms with Crippen LogP contribution in [0, 0.1) is 0 Å². The Hall–Kier alpha value is -2.45. The normalized spacial score (nSPS) is 12.2. The predicted molar refractivity (Wildman–Crippen MR) is 99.8 cm³/mol. The van der Waals surface area contributed by atoms with Crippen LogP contribution in [0.1, 0.15) is 6.92 Å². The molecule has 26 heavy (non-hydrogen) atoms. The van der Waals surface area contributed by atoms with Crippen molar-refractivity contribution in [2.24, 2.45) is 0 Å². The summed E-state index contributed by atoms with van der Waals surface area (Å²) in [5.41, 5.74) is 2.34. The Morgan fingerprint density at radius 3 is 2.00 bits per heavy atom. The van der Waals surface area contributed by atoms with Gasteiger partial charge in [-0.25, -0.2) is 21.8 Å². The van der Waals surface area contributed by atoms with E-state index in [1.165, 1.54) is 0 Å². The molecule has 3 rings (SSSR count). The molecular formula is C18H18N2O4S2. The zero-order chi connectivity index (χ0) is 18.9. The average Bonchev–Trinajstić information content (AvgIpc) is 3.11.